The van der Waals surface area contributed by atoms with E-state index < -0.39 is 6.17 Å². The molecule has 2 nitrogen and oxygen atoms in total. The molecule has 4 heteroatoms. The maximum atomic E-state index is 12.4. The second-order valence-electron chi connectivity index (χ2n) is 2.22. The van der Waals surface area contributed by atoms with E-state index in [0.29, 0.717) is 0 Å². The van der Waals surface area contributed by atoms with Gasteiger partial charge in [-0.3, -0.25) is 0 Å². The predicted octanol–water partition coefficient (Wildman–Crippen LogP) is 0.490. The molecule has 0 aromatic heterocycles. The summed E-state index contributed by atoms with van der Waals surface area (Å²) in [6, 6.07) is 6.33. The molecule has 0 spiro atoms. The van der Waals surface area contributed by atoms with E-state index in [-0.39, 0.29) is 10.7 Å². The van der Waals surface area contributed by atoms with E-state index >= 15 is 0 Å². The summed E-state index contributed by atoms with van der Waals surface area (Å²) in [6.45, 7) is 0. The van der Waals surface area contributed by atoms with Crippen LogP contribution in [-0.4, -0.2) is 6.17 Å². The topological polar surface area (TPSA) is 24.7 Å². The second-order valence-corrected chi connectivity index (χ2v) is 2.22. The van der Waals surface area contributed by atoms with Crippen LogP contribution in [0.3, 0.4) is 0 Å². The van der Waals surface area contributed by atoms with Gasteiger partial charge in [0.2, 0.25) is 0 Å². The summed E-state index contributed by atoms with van der Waals surface area (Å²) in [7, 11) is 0. The molecular weight excluding hydrogens is 150 g/mol. The average molecular weight is 154 g/mol. The normalized spacial score (nSPS) is 18.4. The highest BCUT2D eigenvalue weighted by molar-refractivity contribution is 5.03. The standard InChI is InChI=1S/C7H4F2N2/c8-7(9)10-5-3-1-2-4-6(5)11-7/h1-4H. The third kappa shape index (κ3) is 1.00. The highest BCUT2D eigenvalue weighted by Gasteiger charge is 2.28. The van der Waals surface area contributed by atoms with Gasteiger partial charge >= 0.3 is 6.17 Å². The fourth-order valence-electron chi connectivity index (χ4n) is 0.968. The monoisotopic (exact) mass is 154 g/mol. The highest BCUT2D eigenvalue weighted by atomic mass is 19.3. The summed E-state index contributed by atoms with van der Waals surface area (Å²) >= 11 is 0. The van der Waals surface area contributed by atoms with Crippen molar-refractivity contribution in [1.29, 1.82) is 0 Å². The van der Waals surface area contributed by atoms with E-state index in [2.05, 4.69) is 9.98 Å². The van der Waals surface area contributed by atoms with Gasteiger partial charge in [-0.05, 0) is 12.1 Å². The van der Waals surface area contributed by atoms with Crippen LogP contribution in [0, 0.1) is 0 Å². The van der Waals surface area contributed by atoms with Crippen LogP contribution in [0.25, 0.3) is 0 Å². The van der Waals surface area contributed by atoms with E-state index in [1.54, 1.807) is 12.1 Å². The van der Waals surface area contributed by atoms with Gasteiger partial charge < -0.3 is 0 Å². The van der Waals surface area contributed by atoms with Gasteiger partial charge in [-0.1, -0.05) is 12.1 Å². The molecule has 0 N–H and O–H groups in total. The van der Waals surface area contributed by atoms with E-state index in [4.69, 9.17) is 0 Å². The molecule has 1 aromatic carbocycles. The van der Waals surface area contributed by atoms with Crippen molar-refractivity contribution in [3.63, 3.8) is 0 Å². The zero-order chi connectivity index (χ0) is 7.90. The van der Waals surface area contributed by atoms with Crippen LogP contribution in [0.2, 0.25) is 0 Å². The molecule has 0 radical (unpaired) electrons. The molecule has 0 saturated carbocycles. The van der Waals surface area contributed by atoms with Gasteiger partial charge in [0.25, 0.3) is 0 Å². The smallest absolute Gasteiger partial charge is 0.192 e. The van der Waals surface area contributed by atoms with Gasteiger partial charge in [0.05, 0.1) is 10.7 Å². The molecule has 56 valence electrons. The second kappa shape index (κ2) is 1.84. The summed E-state index contributed by atoms with van der Waals surface area (Å²) in [5.74, 6) is 0. The van der Waals surface area contributed by atoms with Gasteiger partial charge in [0.15, 0.2) is 0 Å². The quantitative estimate of drug-likeness (QED) is 0.486. The number of alkyl halides is 2. The van der Waals surface area contributed by atoms with Crippen molar-refractivity contribution < 1.29 is 8.78 Å². The van der Waals surface area contributed by atoms with Crippen molar-refractivity contribution in [2.24, 2.45) is 9.98 Å². The number of nitrogens with zero attached hydrogens (tertiary/aromatic N) is 2. The molecule has 0 amide bonds. The maximum absolute atomic E-state index is 12.4. The summed E-state index contributed by atoms with van der Waals surface area (Å²) in [5, 5.41) is 0.523. The van der Waals surface area contributed by atoms with Crippen molar-refractivity contribution in [2.45, 2.75) is 6.17 Å². The molecule has 1 heterocycles. The van der Waals surface area contributed by atoms with Crippen LogP contribution in [0.1, 0.15) is 0 Å². The first-order valence-corrected chi connectivity index (χ1v) is 3.10. The zero-order valence-electron chi connectivity index (χ0n) is 5.46. The number of para-hydroxylation sites is 2. The number of rotatable bonds is 0. The largest absolute Gasteiger partial charge is 0.450 e. The van der Waals surface area contributed by atoms with Crippen LogP contribution in [0.4, 0.5) is 8.78 Å². The molecular formula is C7H4F2N2. The highest BCUT2D eigenvalue weighted by Crippen LogP contribution is 2.15. The van der Waals surface area contributed by atoms with Crippen molar-refractivity contribution in [3.05, 3.63) is 35.0 Å². The Balaban J connectivity index is 2.81. The van der Waals surface area contributed by atoms with Crippen molar-refractivity contribution in [3.8, 4) is 0 Å². The van der Waals surface area contributed by atoms with Crippen LogP contribution in [0.15, 0.2) is 34.3 Å². The van der Waals surface area contributed by atoms with Crippen LogP contribution >= 0.6 is 0 Å². The predicted molar refractivity (Wildman–Crippen MR) is 33.7 cm³/mol. The first-order chi connectivity index (χ1) is 5.17. The lowest BCUT2D eigenvalue weighted by Gasteiger charge is -1.95. The third-order valence-electron chi connectivity index (χ3n) is 1.39. The summed E-state index contributed by atoms with van der Waals surface area (Å²) in [5.41, 5.74) is 0. The minimum atomic E-state index is -3.25. The number of fused-ring (bicyclic) bond motifs is 1. The van der Waals surface area contributed by atoms with E-state index in [0.717, 1.165) is 0 Å². The van der Waals surface area contributed by atoms with Gasteiger partial charge in [0.1, 0.15) is 0 Å². The Morgan fingerprint density at radius 3 is 1.91 bits per heavy atom. The first-order valence-electron chi connectivity index (χ1n) is 3.10. The third-order valence-corrected chi connectivity index (χ3v) is 1.39. The molecule has 1 aliphatic heterocycles. The molecule has 0 aliphatic carbocycles. The van der Waals surface area contributed by atoms with E-state index in [9.17, 15) is 8.78 Å². The number of halogens is 2. The Hall–Kier alpha value is -1.32. The molecule has 0 unspecified atom stereocenters. The minimum Gasteiger partial charge on any atom is -0.192 e. The molecule has 0 bridgehead atoms. The van der Waals surface area contributed by atoms with Crippen LogP contribution < -0.4 is 10.7 Å². The Labute approximate surface area is 60.9 Å². The lowest BCUT2D eigenvalue weighted by Crippen LogP contribution is -2.19. The Kier molecular flexibility index (Phi) is 1.07. The fraction of sp³-hybridized carbons (Fsp3) is 0.143. The molecule has 1 aromatic rings. The SMILES string of the molecule is FC1(F)N=c2ccccc2=N1. The average Bonchev–Trinajstić information content (AvgIpc) is 2.21. The number of hydrogen-bond donors (Lipinski definition) is 0. The molecule has 0 saturated heterocycles. The number of hydrogen-bond acceptors (Lipinski definition) is 2. The van der Waals surface area contributed by atoms with Gasteiger partial charge in [-0.2, -0.15) is 18.8 Å². The minimum absolute atomic E-state index is 0.262. The molecule has 1 aliphatic rings. The lowest BCUT2D eigenvalue weighted by atomic mass is 10.3. The van der Waals surface area contributed by atoms with Crippen molar-refractivity contribution in [1.82, 2.24) is 0 Å². The molecule has 0 fully saturated rings. The Morgan fingerprint density at radius 1 is 1.00 bits per heavy atom. The van der Waals surface area contributed by atoms with Crippen molar-refractivity contribution in [2.75, 3.05) is 0 Å². The Bertz CT molecular complexity index is 360. The molecule has 11 heavy (non-hydrogen) atoms. The Morgan fingerprint density at radius 2 is 1.45 bits per heavy atom. The lowest BCUT2D eigenvalue weighted by molar-refractivity contribution is 0.0194. The molecule has 2 rings (SSSR count). The fourth-order valence-corrected chi connectivity index (χ4v) is 0.968. The zero-order valence-corrected chi connectivity index (χ0v) is 5.46. The maximum Gasteiger partial charge on any atom is 0.450 e. The van der Waals surface area contributed by atoms with Gasteiger partial charge in [0, 0.05) is 0 Å². The number of benzene rings is 1. The van der Waals surface area contributed by atoms with Crippen LogP contribution in [-0.2, 0) is 0 Å². The summed E-state index contributed by atoms with van der Waals surface area (Å²) in [4.78, 5) is 6.17. The van der Waals surface area contributed by atoms with Gasteiger partial charge in [-0.15, -0.1) is 0 Å². The van der Waals surface area contributed by atoms with E-state index in [1.807, 2.05) is 0 Å². The summed E-state index contributed by atoms with van der Waals surface area (Å²) in [6.07, 6.45) is -3.25. The first kappa shape index (κ1) is 6.39. The van der Waals surface area contributed by atoms with E-state index in [1.165, 1.54) is 12.1 Å². The molecule has 0 atom stereocenters. The van der Waals surface area contributed by atoms with Crippen LogP contribution in [0.5, 0.6) is 0 Å². The van der Waals surface area contributed by atoms with Crippen molar-refractivity contribution >= 4 is 0 Å². The summed E-state index contributed by atoms with van der Waals surface area (Å²) < 4.78 is 24.8. The van der Waals surface area contributed by atoms with Gasteiger partial charge in [-0.25, -0.2) is 0 Å².